The Kier molecular flexibility index (Phi) is 7.45. The number of ether oxygens (including phenoxy) is 2. The lowest BCUT2D eigenvalue weighted by atomic mass is 9.99. The minimum absolute atomic E-state index is 0.0728. The third kappa shape index (κ3) is 5.00. The molecule has 2 aromatic heterocycles. The van der Waals surface area contributed by atoms with Gasteiger partial charge in [0.15, 0.2) is 5.69 Å². The highest BCUT2D eigenvalue weighted by atomic mass is 32.2. The van der Waals surface area contributed by atoms with Gasteiger partial charge in [0.2, 0.25) is 10.0 Å². The molecule has 0 bridgehead atoms. The third-order valence-corrected chi connectivity index (χ3v) is 6.68. The van der Waals surface area contributed by atoms with Crippen molar-refractivity contribution >= 4 is 21.4 Å². The first-order valence-corrected chi connectivity index (χ1v) is 11.9. The number of carbonyl (C=O) groups is 1. The fourth-order valence-electron chi connectivity index (χ4n) is 3.83. The number of rotatable bonds is 9. The summed E-state index contributed by atoms with van der Waals surface area (Å²) in [6.07, 6.45) is 4.70. The van der Waals surface area contributed by atoms with E-state index in [-0.39, 0.29) is 11.8 Å². The molecule has 10 heteroatoms. The van der Waals surface area contributed by atoms with Gasteiger partial charge in [0.1, 0.15) is 5.82 Å². The van der Waals surface area contributed by atoms with Crippen molar-refractivity contribution < 1.29 is 22.7 Å². The molecule has 1 saturated heterocycles. The molecule has 3 heterocycles. The maximum absolute atomic E-state index is 13.3. The highest BCUT2D eigenvalue weighted by Gasteiger charge is 2.31. The van der Waals surface area contributed by atoms with Crippen LogP contribution in [-0.2, 0) is 19.5 Å². The van der Waals surface area contributed by atoms with Crippen molar-refractivity contribution in [3.8, 4) is 0 Å². The normalized spacial score (nSPS) is 18.0. The van der Waals surface area contributed by atoms with Crippen LogP contribution in [0.2, 0.25) is 0 Å². The number of fused-ring (bicyclic) bond motifs is 1. The Bertz CT molecular complexity index is 967. The van der Waals surface area contributed by atoms with E-state index in [4.69, 9.17) is 14.5 Å². The van der Waals surface area contributed by atoms with Crippen LogP contribution in [0, 0.1) is 0 Å². The molecule has 0 saturated carbocycles. The molecule has 1 atom stereocenters. The smallest absolute Gasteiger partial charge is 0.274 e. The molecule has 1 aliphatic heterocycles. The van der Waals surface area contributed by atoms with Gasteiger partial charge < -0.3 is 18.8 Å². The molecular weight excluding hydrogens is 408 g/mol. The highest BCUT2D eigenvalue weighted by Crippen LogP contribution is 2.29. The Balaban J connectivity index is 1.96. The highest BCUT2D eigenvalue weighted by molar-refractivity contribution is 7.88. The van der Waals surface area contributed by atoms with Gasteiger partial charge >= 0.3 is 0 Å². The Morgan fingerprint density at radius 1 is 1.23 bits per heavy atom. The second-order valence-corrected chi connectivity index (χ2v) is 9.49. The lowest BCUT2D eigenvalue weighted by Crippen LogP contribution is -2.39. The van der Waals surface area contributed by atoms with Gasteiger partial charge in [-0.05, 0) is 25.0 Å². The first kappa shape index (κ1) is 22.7. The Labute approximate surface area is 177 Å². The van der Waals surface area contributed by atoms with Crippen molar-refractivity contribution in [2.24, 2.45) is 0 Å². The summed E-state index contributed by atoms with van der Waals surface area (Å²) in [6.45, 7) is 2.60. The van der Waals surface area contributed by atoms with Gasteiger partial charge in [0, 0.05) is 52.5 Å². The van der Waals surface area contributed by atoms with Crippen LogP contribution in [0.4, 0.5) is 0 Å². The second kappa shape index (κ2) is 9.86. The molecule has 166 valence electrons. The fraction of sp³-hybridized carbons (Fsp3) is 0.600. The van der Waals surface area contributed by atoms with Crippen molar-refractivity contribution in [3.05, 3.63) is 35.9 Å². The first-order valence-electron chi connectivity index (χ1n) is 10.1. The number of aromatic nitrogens is 2. The van der Waals surface area contributed by atoms with Crippen LogP contribution < -0.4 is 0 Å². The SMILES string of the molecule is COCCN(CCOC)C(=O)c1nc([C@H]2CCCN(S(C)(=O)=O)C2)n2ccccc12. The van der Waals surface area contributed by atoms with Crippen LogP contribution in [0.1, 0.15) is 35.1 Å². The number of methoxy groups -OCH3 is 2. The number of sulfonamides is 1. The molecule has 0 spiro atoms. The minimum atomic E-state index is -3.27. The predicted octanol–water partition coefficient (Wildman–Crippen LogP) is 1.21. The number of imidazole rings is 1. The van der Waals surface area contributed by atoms with Gasteiger partial charge in [0.25, 0.3) is 5.91 Å². The van der Waals surface area contributed by atoms with E-state index >= 15 is 0 Å². The molecule has 1 amide bonds. The van der Waals surface area contributed by atoms with Crippen molar-refractivity contribution in [2.45, 2.75) is 18.8 Å². The van der Waals surface area contributed by atoms with Crippen LogP contribution in [0.15, 0.2) is 24.4 Å². The molecular formula is C20H30N4O5S. The maximum atomic E-state index is 13.3. The van der Waals surface area contributed by atoms with Gasteiger partial charge in [-0.3, -0.25) is 4.79 Å². The van der Waals surface area contributed by atoms with E-state index in [2.05, 4.69) is 0 Å². The summed E-state index contributed by atoms with van der Waals surface area (Å²) in [5, 5.41) is 0. The third-order valence-electron chi connectivity index (χ3n) is 5.41. The number of hydrogen-bond donors (Lipinski definition) is 0. The summed E-state index contributed by atoms with van der Waals surface area (Å²) in [4.78, 5) is 19.7. The summed E-state index contributed by atoms with van der Waals surface area (Å²) in [6, 6.07) is 5.62. The molecule has 0 N–H and O–H groups in total. The summed E-state index contributed by atoms with van der Waals surface area (Å²) in [7, 11) is -0.0764. The largest absolute Gasteiger partial charge is 0.383 e. The topological polar surface area (TPSA) is 93.4 Å². The molecule has 0 unspecified atom stereocenters. The number of nitrogens with zero attached hydrogens (tertiary/aromatic N) is 4. The number of hydrogen-bond acceptors (Lipinski definition) is 6. The molecule has 2 aromatic rings. The summed E-state index contributed by atoms with van der Waals surface area (Å²) in [5.74, 6) is 0.465. The molecule has 0 aromatic carbocycles. The zero-order valence-electron chi connectivity index (χ0n) is 17.8. The van der Waals surface area contributed by atoms with Gasteiger partial charge in [-0.1, -0.05) is 6.07 Å². The van der Waals surface area contributed by atoms with E-state index in [1.807, 2.05) is 28.8 Å². The van der Waals surface area contributed by atoms with E-state index in [9.17, 15) is 13.2 Å². The zero-order valence-corrected chi connectivity index (χ0v) is 18.6. The van der Waals surface area contributed by atoms with E-state index in [1.54, 1.807) is 19.1 Å². The summed E-state index contributed by atoms with van der Waals surface area (Å²) >= 11 is 0. The average Bonchev–Trinajstić information content (AvgIpc) is 3.13. The summed E-state index contributed by atoms with van der Waals surface area (Å²) in [5.41, 5.74) is 1.09. The lowest BCUT2D eigenvalue weighted by molar-refractivity contribution is 0.0624. The number of piperidine rings is 1. The van der Waals surface area contributed by atoms with Crippen LogP contribution in [0.3, 0.4) is 0 Å². The van der Waals surface area contributed by atoms with Gasteiger partial charge in [-0.2, -0.15) is 0 Å². The predicted molar refractivity (Wildman–Crippen MR) is 113 cm³/mol. The van der Waals surface area contributed by atoms with Crippen molar-refractivity contribution in [2.75, 3.05) is 59.9 Å². The second-order valence-electron chi connectivity index (χ2n) is 7.51. The van der Waals surface area contributed by atoms with Crippen LogP contribution in [0.25, 0.3) is 5.52 Å². The van der Waals surface area contributed by atoms with E-state index in [0.717, 1.165) is 18.7 Å². The van der Waals surface area contributed by atoms with Crippen molar-refractivity contribution in [1.29, 1.82) is 0 Å². The maximum Gasteiger partial charge on any atom is 0.274 e. The molecule has 1 fully saturated rings. The Morgan fingerprint density at radius 3 is 2.57 bits per heavy atom. The Hall–Kier alpha value is -2.01. The van der Waals surface area contributed by atoms with Crippen LogP contribution in [0.5, 0.6) is 0 Å². The molecule has 30 heavy (non-hydrogen) atoms. The summed E-state index contributed by atoms with van der Waals surface area (Å²) < 4.78 is 37.8. The Morgan fingerprint density at radius 2 is 1.93 bits per heavy atom. The molecule has 9 nitrogen and oxygen atoms in total. The van der Waals surface area contributed by atoms with Gasteiger partial charge in [-0.15, -0.1) is 0 Å². The van der Waals surface area contributed by atoms with Crippen molar-refractivity contribution in [3.63, 3.8) is 0 Å². The quantitative estimate of drug-likeness (QED) is 0.584. The van der Waals surface area contributed by atoms with E-state index < -0.39 is 10.0 Å². The van der Waals surface area contributed by atoms with Crippen molar-refractivity contribution in [1.82, 2.24) is 18.6 Å². The van der Waals surface area contributed by atoms with Crippen LogP contribution in [-0.4, -0.2) is 92.8 Å². The minimum Gasteiger partial charge on any atom is -0.383 e. The van der Waals surface area contributed by atoms with E-state index in [1.165, 1.54) is 10.6 Å². The van der Waals surface area contributed by atoms with Gasteiger partial charge in [-0.25, -0.2) is 17.7 Å². The molecule has 3 rings (SSSR count). The monoisotopic (exact) mass is 438 g/mol. The number of carbonyl (C=O) groups excluding carboxylic acids is 1. The zero-order chi connectivity index (χ0) is 21.7. The lowest BCUT2D eigenvalue weighted by Gasteiger charge is -2.30. The molecule has 0 radical (unpaired) electrons. The number of pyridine rings is 1. The van der Waals surface area contributed by atoms with Gasteiger partial charge in [0.05, 0.1) is 25.0 Å². The molecule has 0 aliphatic carbocycles. The average molecular weight is 439 g/mol. The number of amides is 1. The molecule has 1 aliphatic rings. The van der Waals surface area contributed by atoms with Crippen LogP contribution >= 0.6 is 0 Å². The first-order chi connectivity index (χ1) is 14.4. The fourth-order valence-corrected chi connectivity index (χ4v) is 4.74. The van der Waals surface area contributed by atoms with E-state index in [0.29, 0.717) is 50.6 Å². The standard InChI is InChI=1S/C20H30N4O5S/c1-28-13-11-22(12-14-29-2)20(25)18-17-8-4-5-10-24(17)19(21-18)16-7-6-9-23(15-16)30(3,26)27/h4-5,8,10,16H,6-7,9,11-15H2,1-3H3/t16-/m0/s1.